The van der Waals surface area contributed by atoms with Crippen LogP contribution in [-0.4, -0.2) is 109 Å². The number of nitrogens with zero attached hydrogens (tertiary/aromatic N) is 1. The Kier molecular flexibility index (Phi) is 10.9. The first-order valence-electron chi connectivity index (χ1n) is 7.16. The van der Waals surface area contributed by atoms with Gasteiger partial charge in [0.15, 0.2) is 18.9 Å². The zero-order valence-electron chi connectivity index (χ0n) is 12.4. The van der Waals surface area contributed by atoms with Gasteiger partial charge in [0, 0.05) is 13.1 Å². The molecule has 23 heavy (non-hydrogen) atoms. The van der Waals surface area contributed by atoms with Crippen molar-refractivity contribution in [1.82, 2.24) is 10.2 Å². The van der Waals surface area contributed by atoms with E-state index < -0.39 is 43.2 Å². The molecule has 139 valence electrons. The number of hydrogen-bond acceptors (Lipinski definition) is 10. The van der Waals surface area contributed by atoms with Crippen molar-refractivity contribution in [2.45, 2.75) is 56.0 Å². The monoisotopic (exact) mass is 385 g/mol. The molecule has 4 unspecified atom stereocenters. The SMILES string of the molecule is OC(O)C(O)CCNC(C(O)O)C(O)CN1CCC1C(O)O.[Co+2]. The van der Waals surface area contributed by atoms with Crippen LogP contribution in [0.15, 0.2) is 0 Å². The maximum Gasteiger partial charge on any atom is 2.00 e. The summed E-state index contributed by atoms with van der Waals surface area (Å²) in [6, 6.07) is -1.61. The van der Waals surface area contributed by atoms with Crippen LogP contribution < -0.4 is 5.32 Å². The second-order valence-corrected chi connectivity index (χ2v) is 5.50. The molecule has 10 nitrogen and oxygen atoms in total. The van der Waals surface area contributed by atoms with Crippen molar-refractivity contribution in [3.63, 3.8) is 0 Å². The van der Waals surface area contributed by atoms with E-state index in [9.17, 15) is 20.4 Å². The van der Waals surface area contributed by atoms with Crippen LogP contribution in [0.4, 0.5) is 0 Å². The fourth-order valence-corrected chi connectivity index (χ4v) is 2.37. The zero-order chi connectivity index (χ0) is 16.9. The minimum atomic E-state index is -1.89. The van der Waals surface area contributed by atoms with Crippen molar-refractivity contribution in [2.24, 2.45) is 0 Å². The molecule has 1 aliphatic rings. The summed E-state index contributed by atoms with van der Waals surface area (Å²) in [6.07, 6.45) is -7.35. The van der Waals surface area contributed by atoms with Crippen molar-refractivity contribution in [1.29, 1.82) is 0 Å². The van der Waals surface area contributed by atoms with Crippen LogP contribution in [-0.2, 0) is 16.8 Å². The standard InChI is InChI=1S/C12H26N2O8.Co/c15-7(11(19)20)1-3-13-9(12(21)22)8(16)5-14-4-2-6(14)10(17)18;/h6-13,15-22H,1-5H2;/q;+2. The molecule has 1 fully saturated rings. The van der Waals surface area contributed by atoms with Crippen molar-refractivity contribution < 1.29 is 57.6 Å². The van der Waals surface area contributed by atoms with Crippen molar-refractivity contribution >= 4 is 0 Å². The van der Waals surface area contributed by atoms with E-state index in [0.29, 0.717) is 13.0 Å². The van der Waals surface area contributed by atoms with E-state index in [2.05, 4.69) is 5.32 Å². The number of aliphatic hydroxyl groups excluding tert-OH is 5. The molecule has 0 aliphatic carbocycles. The van der Waals surface area contributed by atoms with E-state index in [1.54, 1.807) is 4.90 Å². The predicted octanol–water partition coefficient (Wildman–Crippen LogP) is -4.94. The Bertz CT molecular complexity index is 323. The largest absolute Gasteiger partial charge is 2.00 e. The van der Waals surface area contributed by atoms with Crippen LogP contribution in [0.25, 0.3) is 0 Å². The van der Waals surface area contributed by atoms with Gasteiger partial charge in [-0.15, -0.1) is 0 Å². The normalized spacial score (nSPS) is 22.8. The third-order valence-corrected chi connectivity index (χ3v) is 3.85. The number of aliphatic hydroxyl groups is 8. The van der Waals surface area contributed by atoms with Gasteiger partial charge >= 0.3 is 16.8 Å². The molecule has 0 bridgehead atoms. The second-order valence-electron chi connectivity index (χ2n) is 5.50. The molecule has 0 aromatic heterocycles. The first-order valence-corrected chi connectivity index (χ1v) is 7.16. The summed E-state index contributed by atoms with van der Waals surface area (Å²) >= 11 is 0. The van der Waals surface area contributed by atoms with Gasteiger partial charge in [0.25, 0.3) is 0 Å². The van der Waals surface area contributed by atoms with Gasteiger partial charge in [-0.05, 0) is 19.4 Å². The fourth-order valence-electron chi connectivity index (χ4n) is 2.37. The maximum absolute atomic E-state index is 10.0. The third-order valence-electron chi connectivity index (χ3n) is 3.85. The van der Waals surface area contributed by atoms with Gasteiger partial charge in [-0.1, -0.05) is 0 Å². The molecule has 0 amide bonds. The number of rotatable bonds is 10. The van der Waals surface area contributed by atoms with Crippen LogP contribution in [0.3, 0.4) is 0 Å². The van der Waals surface area contributed by atoms with Crippen LogP contribution >= 0.6 is 0 Å². The average Bonchev–Trinajstić information content (AvgIpc) is 2.37. The van der Waals surface area contributed by atoms with Crippen LogP contribution in [0, 0.1) is 0 Å². The molecule has 9 N–H and O–H groups in total. The first kappa shape index (κ1) is 23.1. The molecule has 0 spiro atoms. The van der Waals surface area contributed by atoms with Gasteiger partial charge in [-0.25, -0.2) is 0 Å². The smallest absolute Gasteiger partial charge is 0.390 e. The molecular formula is C12H26CoN2O8+2. The maximum atomic E-state index is 10.0. The Balaban J connectivity index is 0.00000484. The molecule has 1 saturated heterocycles. The van der Waals surface area contributed by atoms with E-state index in [1.807, 2.05) is 0 Å². The molecule has 1 heterocycles. The van der Waals surface area contributed by atoms with Crippen molar-refractivity contribution in [3.8, 4) is 0 Å². The summed E-state index contributed by atoms with van der Waals surface area (Å²) in [5, 5.41) is 76.1. The van der Waals surface area contributed by atoms with E-state index in [-0.39, 0.29) is 36.3 Å². The zero-order valence-corrected chi connectivity index (χ0v) is 13.5. The van der Waals surface area contributed by atoms with Gasteiger partial charge in [0.1, 0.15) is 6.10 Å². The molecule has 11 heteroatoms. The Morgan fingerprint density at radius 1 is 0.913 bits per heavy atom. The van der Waals surface area contributed by atoms with Gasteiger partial charge in [-0.3, -0.25) is 4.90 Å². The topological polar surface area (TPSA) is 177 Å². The summed E-state index contributed by atoms with van der Waals surface area (Å²) in [5.41, 5.74) is 0. The minimum absolute atomic E-state index is 0. The van der Waals surface area contributed by atoms with Crippen LogP contribution in [0.2, 0.25) is 0 Å². The number of nitrogens with one attached hydrogen (secondary N) is 1. The number of β-amino-alcohol motifs (C(OH)–C–C–N with tert-alkyl or cyclic N) is 1. The Labute approximate surface area is 144 Å². The molecule has 4 atom stereocenters. The van der Waals surface area contributed by atoms with Crippen LogP contribution in [0.1, 0.15) is 12.8 Å². The Morgan fingerprint density at radius 2 is 1.52 bits per heavy atom. The van der Waals surface area contributed by atoms with Gasteiger partial charge in [-0.2, -0.15) is 0 Å². The van der Waals surface area contributed by atoms with E-state index in [4.69, 9.17) is 20.4 Å². The second kappa shape index (κ2) is 10.9. The molecule has 1 rings (SSSR count). The van der Waals surface area contributed by atoms with E-state index in [1.165, 1.54) is 0 Å². The van der Waals surface area contributed by atoms with Crippen molar-refractivity contribution in [3.05, 3.63) is 0 Å². The third kappa shape index (κ3) is 7.25. The van der Waals surface area contributed by atoms with E-state index >= 15 is 0 Å². The van der Waals surface area contributed by atoms with Crippen LogP contribution in [0.5, 0.6) is 0 Å². The number of likely N-dealkylation sites (tertiary alicyclic amines) is 1. The Hall–Kier alpha value is 0.106. The van der Waals surface area contributed by atoms with Crippen molar-refractivity contribution in [2.75, 3.05) is 19.6 Å². The van der Waals surface area contributed by atoms with Gasteiger partial charge < -0.3 is 46.2 Å². The van der Waals surface area contributed by atoms with Gasteiger partial charge in [0.2, 0.25) is 0 Å². The average molecular weight is 385 g/mol. The molecule has 0 aromatic rings. The first-order chi connectivity index (χ1) is 10.2. The Morgan fingerprint density at radius 3 is 1.91 bits per heavy atom. The molecule has 1 aliphatic heterocycles. The summed E-state index contributed by atoms with van der Waals surface area (Å²) < 4.78 is 0. The minimum Gasteiger partial charge on any atom is -0.390 e. The predicted molar refractivity (Wildman–Crippen MR) is 73.1 cm³/mol. The molecule has 1 radical (unpaired) electrons. The molecule has 0 aromatic carbocycles. The summed E-state index contributed by atoms with van der Waals surface area (Å²) in [7, 11) is 0. The quantitative estimate of drug-likeness (QED) is 0.166. The summed E-state index contributed by atoms with van der Waals surface area (Å²) in [6.45, 7) is 0.593. The summed E-state index contributed by atoms with van der Waals surface area (Å²) in [4.78, 5) is 1.61. The molecular weight excluding hydrogens is 359 g/mol. The van der Waals surface area contributed by atoms with E-state index in [0.717, 1.165) is 0 Å². The fraction of sp³-hybridized carbons (Fsp3) is 1.00. The number of hydrogen-bond donors (Lipinski definition) is 9. The van der Waals surface area contributed by atoms with Gasteiger partial charge in [0.05, 0.1) is 18.2 Å². The molecule has 0 saturated carbocycles. The summed E-state index contributed by atoms with van der Waals surface area (Å²) in [5.74, 6) is 0.